The molecule has 2 aromatic heterocycles. The van der Waals surface area contributed by atoms with E-state index in [1.165, 1.54) is 17.1 Å². The lowest BCUT2D eigenvalue weighted by atomic mass is 9.89. The molecule has 4 N–H and O–H groups in total. The number of aromatic nitrogens is 4. The topological polar surface area (TPSA) is 138 Å². The van der Waals surface area contributed by atoms with E-state index < -0.39 is 69.3 Å². The number of benzene rings is 1. The average Bonchev–Trinajstić information content (AvgIpc) is 3.52. The summed E-state index contributed by atoms with van der Waals surface area (Å²) in [6, 6.07) is 0.518. The molecular formula is C24H31F3N4O5S. The van der Waals surface area contributed by atoms with E-state index in [0.29, 0.717) is 24.1 Å². The molecule has 3 heterocycles. The Hall–Kier alpha value is -2.45. The molecule has 9 nitrogen and oxygen atoms in total. The van der Waals surface area contributed by atoms with E-state index in [1.807, 2.05) is 13.8 Å². The fraction of sp³-hybridized carbons (Fsp3) is 0.542. The number of aliphatic hydroxyl groups excluding tert-OH is 3. The Labute approximate surface area is 214 Å². The summed E-state index contributed by atoms with van der Waals surface area (Å²) in [7, 11) is -1.41. The second-order valence-corrected chi connectivity index (χ2v) is 12.0. The highest BCUT2D eigenvalue weighted by molar-refractivity contribution is 8.18. The Balaban J connectivity index is 1.69. The molecule has 6 atom stereocenters. The van der Waals surface area contributed by atoms with Gasteiger partial charge in [-0.1, -0.05) is 24.2 Å². The summed E-state index contributed by atoms with van der Waals surface area (Å²) in [5.74, 6) is -4.23. The molecule has 4 rings (SSSR count). The van der Waals surface area contributed by atoms with Crippen LogP contribution in [-0.2, 0) is 0 Å². The second-order valence-electron chi connectivity index (χ2n) is 9.40. The summed E-state index contributed by atoms with van der Waals surface area (Å²) in [5, 5.41) is 55.0. The van der Waals surface area contributed by atoms with Crippen LogP contribution in [0.4, 0.5) is 13.2 Å². The third kappa shape index (κ3) is 4.90. The minimum Gasteiger partial charge on any atom is -0.395 e. The van der Waals surface area contributed by atoms with Gasteiger partial charge in [0.25, 0.3) is 0 Å². The first-order valence-electron chi connectivity index (χ1n) is 12.0. The van der Waals surface area contributed by atoms with E-state index in [0.717, 1.165) is 12.1 Å². The molecule has 0 amide bonds. The zero-order valence-corrected chi connectivity index (χ0v) is 21.5. The number of thiol groups is 1. The average molecular weight is 545 g/mol. The van der Waals surface area contributed by atoms with Crippen LogP contribution in [0.3, 0.4) is 0 Å². The number of rotatable bonds is 8. The molecular weight excluding hydrogens is 513 g/mol. The van der Waals surface area contributed by atoms with Gasteiger partial charge in [-0.05, 0) is 31.9 Å². The predicted octanol–water partition coefficient (Wildman–Crippen LogP) is 2.59. The Morgan fingerprint density at radius 2 is 1.84 bits per heavy atom. The number of hydrogen-bond acceptors (Lipinski definition) is 8. The van der Waals surface area contributed by atoms with E-state index >= 15 is 0 Å². The van der Waals surface area contributed by atoms with E-state index in [-0.39, 0.29) is 17.0 Å². The summed E-state index contributed by atoms with van der Waals surface area (Å²) < 4.78 is 47.1. The molecule has 1 fully saturated rings. The molecule has 1 aliphatic heterocycles. The van der Waals surface area contributed by atoms with E-state index in [9.17, 15) is 33.6 Å². The highest BCUT2D eigenvalue weighted by Crippen LogP contribution is 2.59. The number of halogens is 3. The maximum Gasteiger partial charge on any atom is 0.194 e. The van der Waals surface area contributed by atoms with Crippen LogP contribution < -0.4 is 0 Å². The summed E-state index contributed by atoms with van der Waals surface area (Å²) in [4.78, 5) is 0. The van der Waals surface area contributed by atoms with Crippen LogP contribution in [0.25, 0.3) is 11.3 Å². The van der Waals surface area contributed by atoms with Crippen molar-refractivity contribution < 1.29 is 38.1 Å². The predicted molar refractivity (Wildman–Crippen MR) is 131 cm³/mol. The quantitative estimate of drug-likeness (QED) is 0.216. The summed E-state index contributed by atoms with van der Waals surface area (Å²) >= 11 is 0. The van der Waals surface area contributed by atoms with Crippen LogP contribution in [0.5, 0.6) is 0 Å². The van der Waals surface area contributed by atoms with Crippen molar-refractivity contribution in [1.82, 2.24) is 20.2 Å². The summed E-state index contributed by atoms with van der Waals surface area (Å²) in [5.41, 5.74) is -0.0108. The molecule has 204 valence electrons. The summed E-state index contributed by atoms with van der Waals surface area (Å²) in [6.07, 6.45) is 1.09. The molecule has 0 bridgehead atoms. The van der Waals surface area contributed by atoms with Crippen molar-refractivity contribution in [2.75, 3.05) is 12.4 Å². The number of hydrogen-bond donors (Lipinski definition) is 5. The molecule has 0 saturated carbocycles. The van der Waals surface area contributed by atoms with Gasteiger partial charge in [0, 0.05) is 27.4 Å². The zero-order chi connectivity index (χ0) is 27.1. The zero-order valence-electron chi connectivity index (χ0n) is 20.6. The van der Waals surface area contributed by atoms with Crippen LogP contribution >= 0.6 is 10.9 Å². The monoisotopic (exact) mass is 544 g/mol. The van der Waals surface area contributed by atoms with Gasteiger partial charge in [0.1, 0.15) is 18.0 Å². The first-order chi connectivity index (χ1) is 17.6. The van der Waals surface area contributed by atoms with Gasteiger partial charge >= 0.3 is 0 Å². The highest BCUT2D eigenvalue weighted by atomic mass is 32.2. The lowest BCUT2D eigenvalue weighted by molar-refractivity contribution is 0.00248. The van der Waals surface area contributed by atoms with Crippen LogP contribution in [0.1, 0.15) is 49.2 Å². The van der Waals surface area contributed by atoms with Crippen LogP contribution in [0.15, 0.2) is 29.1 Å². The molecule has 0 aliphatic carbocycles. The van der Waals surface area contributed by atoms with Crippen molar-refractivity contribution >= 4 is 10.9 Å². The van der Waals surface area contributed by atoms with E-state index in [1.54, 1.807) is 6.92 Å². The lowest BCUT2D eigenvalue weighted by Crippen LogP contribution is -2.52. The molecule has 1 saturated heterocycles. The van der Waals surface area contributed by atoms with Gasteiger partial charge in [-0.3, -0.25) is 0 Å². The molecule has 1 aromatic carbocycles. The smallest absolute Gasteiger partial charge is 0.194 e. The first kappa shape index (κ1) is 27.6. The van der Waals surface area contributed by atoms with Crippen molar-refractivity contribution in [1.29, 1.82) is 0 Å². The minimum atomic E-state index is -1.61. The molecule has 1 aliphatic rings. The van der Waals surface area contributed by atoms with Crippen molar-refractivity contribution in [2.24, 2.45) is 0 Å². The lowest BCUT2D eigenvalue weighted by Gasteiger charge is -2.51. The second kappa shape index (κ2) is 10.7. The SMILES string of the molecule is CCC(O)(CC)[C@@H](c1conc1C)[SH]1C[C@H](O)[C@H](n2cc(-c3cc(F)c(F)c(F)c3)nn2)[C@@H](O)[C@H]1CO. The molecule has 0 spiro atoms. The van der Waals surface area contributed by atoms with E-state index in [2.05, 4.69) is 15.5 Å². The van der Waals surface area contributed by atoms with E-state index in [4.69, 9.17) is 4.52 Å². The maximum absolute atomic E-state index is 13.7. The van der Waals surface area contributed by atoms with Crippen molar-refractivity contribution in [2.45, 2.75) is 68.0 Å². The number of nitrogens with zero attached hydrogens (tertiary/aromatic N) is 4. The number of aliphatic hydroxyl groups is 4. The standard InChI is InChI=1S/C24H31F3N4O5S/c1-4-24(35,5-2)23(14-10-36-29-12(14)3)37-11-18(33)21(22(34)19(37)9-32)31-8-17(28-30-31)13-6-15(25)20(27)16(26)7-13/h6-8,10,18-19,21-23,32-35,37H,4-5,9,11H2,1-3H3/t18-,19+,21-,22-,23+/m0/s1. The third-order valence-corrected chi connectivity index (χ3v) is 10.9. The number of aryl methyl sites for hydroxylation is 1. The molecule has 3 aromatic rings. The molecule has 37 heavy (non-hydrogen) atoms. The molecule has 13 heteroatoms. The van der Waals surface area contributed by atoms with Gasteiger partial charge in [-0.15, -0.1) is 5.10 Å². The Morgan fingerprint density at radius 1 is 1.19 bits per heavy atom. The normalized spacial score (nSPS) is 26.4. The first-order valence-corrected chi connectivity index (χ1v) is 13.7. The minimum absolute atomic E-state index is 0.00917. The van der Waals surface area contributed by atoms with Crippen molar-refractivity contribution in [3.63, 3.8) is 0 Å². The molecule has 0 radical (unpaired) electrons. The Bertz CT molecular complexity index is 1210. The van der Waals surface area contributed by atoms with Gasteiger partial charge in [-0.25, -0.2) is 28.7 Å². The fourth-order valence-corrected chi connectivity index (χ4v) is 9.07. The van der Waals surface area contributed by atoms with Gasteiger partial charge in [0.15, 0.2) is 17.5 Å². The van der Waals surface area contributed by atoms with Gasteiger partial charge in [-0.2, -0.15) is 0 Å². The maximum atomic E-state index is 13.7. The molecule has 1 unspecified atom stereocenters. The summed E-state index contributed by atoms with van der Waals surface area (Å²) in [6.45, 7) is 5.02. The fourth-order valence-electron chi connectivity index (χ4n) is 5.19. The third-order valence-electron chi connectivity index (χ3n) is 7.39. The largest absolute Gasteiger partial charge is 0.395 e. The van der Waals surface area contributed by atoms with Crippen molar-refractivity contribution in [3.05, 3.63) is 53.3 Å². The van der Waals surface area contributed by atoms with Crippen LogP contribution in [-0.4, -0.2) is 76.0 Å². The highest BCUT2D eigenvalue weighted by Gasteiger charge is 2.50. The van der Waals surface area contributed by atoms with Crippen LogP contribution in [0, 0.1) is 24.4 Å². The Kier molecular flexibility index (Phi) is 8.00. The van der Waals surface area contributed by atoms with Crippen LogP contribution in [0.2, 0.25) is 0 Å². The van der Waals surface area contributed by atoms with Gasteiger partial charge in [0.2, 0.25) is 0 Å². The van der Waals surface area contributed by atoms with Gasteiger partial charge in [0.05, 0.1) is 36.3 Å². The Morgan fingerprint density at radius 3 is 2.38 bits per heavy atom. The van der Waals surface area contributed by atoms with Gasteiger partial charge < -0.3 is 24.9 Å². The van der Waals surface area contributed by atoms with Crippen molar-refractivity contribution in [3.8, 4) is 11.3 Å².